The smallest absolute Gasteiger partial charge is 0.341 e. The average Bonchev–Trinajstić information content (AvgIpc) is 3.54. The summed E-state index contributed by atoms with van der Waals surface area (Å²) in [4.78, 5) is 43.4. The average molecular weight is 550 g/mol. The molecule has 0 saturated carbocycles. The van der Waals surface area contributed by atoms with Crippen molar-refractivity contribution in [3.05, 3.63) is 39.0 Å². The fourth-order valence-corrected chi connectivity index (χ4v) is 7.00. The lowest BCUT2D eigenvalue weighted by Gasteiger charge is -2.06. The van der Waals surface area contributed by atoms with Gasteiger partial charge in [-0.25, -0.2) is 4.79 Å². The maximum absolute atomic E-state index is 12.6. The molecular formula is C24H27N3O6S3. The van der Waals surface area contributed by atoms with Crippen LogP contribution in [-0.4, -0.2) is 61.8 Å². The van der Waals surface area contributed by atoms with E-state index in [1.807, 2.05) is 22.8 Å². The number of amides is 2. The molecule has 1 aliphatic rings. The van der Waals surface area contributed by atoms with Crippen molar-refractivity contribution < 1.29 is 28.6 Å². The molecule has 0 radical (unpaired) electrons. The van der Waals surface area contributed by atoms with Crippen LogP contribution >= 0.6 is 34.4 Å². The van der Waals surface area contributed by atoms with Crippen LogP contribution in [0.5, 0.6) is 5.75 Å². The van der Waals surface area contributed by atoms with E-state index in [1.54, 1.807) is 14.2 Å². The van der Waals surface area contributed by atoms with E-state index in [2.05, 4.69) is 10.3 Å². The Bertz CT molecular complexity index is 1360. The van der Waals surface area contributed by atoms with Crippen molar-refractivity contribution in [3.63, 3.8) is 0 Å². The highest BCUT2D eigenvalue weighted by atomic mass is 32.2. The summed E-state index contributed by atoms with van der Waals surface area (Å²) in [6, 6.07) is 5.72. The molecule has 1 aromatic carbocycles. The van der Waals surface area contributed by atoms with Crippen molar-refractivity contribution in [1.82, 2.24) is 4.57 Å². The van der Waals surface area contributed by atoms with Gasteiger partial charge in [-0.2, -0.15) is 4.99 Å². The highest BCUT2D eigenvalue weighted by Crippen LogP contribution is 2.39. The number of aryl methyl sites for hydroxylation is 1. The molecule has 2 aromatic heterocycles. The van der Waals surface area contributed by atoms with E-state index in [0.29, 0.717) is 28.5 Å². The molecule has 9 nitrogen and oxygen atoms in total. The predicted octanol–water partition coefficient (Wildman–Crippen LogP) is 3.49. The van der Waals surface area contributed by atoms with Crippen LogP contribution in [0.25, 0.3) is 10.2 Å². The lowest BCUT2D eigenvalue weighted by molar-refractivity contribution is -0.115. The number of methoxy groups -OCH3 is 3. The van der Waals surface area contributed by atoms with Gasteiger partial charge in [-0.15, -0.1) is 23.1 Å². The van der Waals surface area contributed by atoms with Crippen molar-refractivity contribution in [2.45, 2.75) is 25.8 Å². The van der Waals surface area contributed by atoms with Gasteiger partial charge in [0.1, 0.15) is 10.8 Å². The maximum atomic E-state index is 12.6. The topological polar surface area (TPSA) is 108 Å². The van der Waals surface area contributed by atoms with E-state index in [9.17, 15) is 14.4 Å². The van der Waals surface area contributed by atoms with E-state index in [4.69, 9.17) is 14.2 Å². The Morgan fingerprint density at radius 2 is 1.97 bits per heavy atom. The van der Waals surface area contributed by atoms with Gasteiger partial charge in [0.2, 0.25) is 5.91 Å². The molecule has 0 unspecified atom stereocenters. The van der Waals surface area contributed by atoms with Gasteiger partial charge in [0, 0.05) is 18.5 Å². The standard InChI is InChI=1S/C24H27N3O6S3/c1-31-10-9-27-16-8-7-14(32-2)11-18(16)36-24(27)26-20(29)13-34-12-19(28)25-22-21(23(30)33-3)15-5-4-6-17(15)35-22/h7-8,11H,4-6,9-10,12-13H2,1-3H3,(H,25,28). The summed E-state index contributed by atoms with van der Waals surface area (Å²) in [5.41, 5.74) is 2.38. The Hall–Kier alpha value is -2.67. The zero-order valence-corrected chi connectivity index (χ0v) is 22.7. The van der Waals surface area contributed by atoms with Crippen LogP contribution in [-0.2, 0) is 38.4 Å². The molecular weight excluding hydrogens is 522 g/mol. The van der Waals surface area contributed by atoms with E-state index in [1.165, 1.54) is 41.5 Å². The maximum Gasteiger partial charge on any atom is 0.341 e. The molecule has 2 amide bonds. The van der Waals surface area contributed by atoms with Crippen LogP contribution in [0.1, 0.15) is 27.2 Å². The first-order valence-corrected chi connectivity index (χ1v) is 14.1. The molecule has 0 fully saturated rings. The number of rotatable bonds is 10. The quantitative estimate of drug-likeness (QED) is 0.386. The number of thiazole rings is 1. The molecule has 3 aromatic rings. The third-order valence-corrected chi connectivity index (χ3v) is 8.82. The summed E-state index contributed by atoms with van der Waals surface area (Å²) >= 11 is 4.01. The highest BCUT2D eigenvalue weighted by molar-refractivity contribution is 8.00. The van der Waals surface area contributed by atoms with Crippen LogP contribution in [0.4, 0.5) is 5.00 Å². The van der Waals surface area contributed by atoms with Crippen LogP contribution in [0.3, 0.4) is 0 Å². The number of aromatic nitrogens is 1. The molecule has 0 spiro atoms. The highest BCUT2D eigenvalue weighted by Gasteiger charge is 2.28. The zero-order chi connectivity index (χ0) is 25.7. The van der Waals surface area contributed by atoms with Gasteiger partial charge < -0.3 is 24.1 Å². The van der Waals surface area contributed by atoms with Gasteiger partial charge in [0.15, 0.2) is 4.80 Å². The number of nitrogens with one attached hydrogen (secondary N) is 1. The fourth-order valence-electron chi connectivity index (χ4n) is 4.01. The first kappa shape index (κ1) is 26.4. The van der Waals surface area contributed by atoms with Crippen molar-refractivity contribution in [2.24, 2.45) is 4.99 Å². The van der Waals surface area contributed by atoms with E-state index in [-0.39, 0.29) is 23.3 Å². The molecule has 0 saturated heterocycles. The normalized spacial score (nSPS) is 13.1. The van der Waals surface area contributed by atoms with Crippen LogP contribution in [0.15, 0.2) is 23.2 Å². The zero-order valence-electron chi connectivity index (χ0n) is 20.3. The van der Waals surface area contributed by atoms with Crippen molar-refractivity contribution >= 4 is 67.4 Å². The van der Waals surface area contributed by atoms with Gasteiger partial charge in [-0.05, 0) is 43.0 Å². The van der Waals surface area contributed by atoms with Crippen LogP contribution in [0.2, 0.25) is 0 Å². The number of thiophene rings is 1. The molecule has 1 N–H and O–H groups in total. The molecule has 192 valence electrons. The SMILES string of the molecule is COCCn1c(=NC(=O)CSCC(=O)Nc2sc3c(c2C(=O)OC)CCC3)sc2cc(OC)ccc21. The predicted molar refractivity (Wildman–Crippen MR) is 142 cm³/mol. The van der Waals surface area contributed by atoms with Crippen molar-refractivity contribution in [2.75, 3.05) is 44.8 Å². The fraction of sp³-hybridized carbons (Fsp3) is 0.417. The minimum absolute atomic E-state index is 0.0556. The molecule has 36 heavy (non-hydrogen) atoms. The number of thioether (sulfide) groups is 1. The van der Waals surface area contributed by atoms with Crippen LogP contribution < -0.4 is 14.9 Å². The second kappa shape index (κ2) is 12.0. The second-order valence-electron chi connectivity index (χ2n) is 7.96. The monoisotopic (exact) mass is 549 g/mol. The molecule has 2 heterocycles. The summed E-state index contributed by atoms with van der Waals surface area (Å²) < 4.78 is 18.3. The molecule has 4 rings (SSSR count). The summed E-state index contributed by atoms with van der Waals surface area (Å²) in [5, 5.41) is 3.35. The number of hydrogen-bond acceptors (Lipinski definition) is 9. The van der Waals surface area contributed by atoms with Gasteiger partial charge in [0.25, 0.3) is 5.91 Å². The Morgan fingerprint density at radius 1 is 1.14 bits per heavy atom. The lowest BCUT2D eigenvalue weighted by atomic mass is 10.1. The Balaban J connectivity index is 1.41. The number of ether oxygens (including phenoxy) is 3. The van der Waals surface area contributed by atoms with Crippen molar-refractivity contribution in [1.29, 1.82) is 0 Å². The number of hydrogen-bond donors (Lipinski definition) is 1. The minimum atomic E-state index is -0.436. The van der Waals surface area contributed by atoms with E-state index in [0.717, 1.165) is 45.7 Å². The number of anilines is 1. The van der Waals surface area contributed by atoms with Gasteiger partial charge >= 0.3 is 5.97 Å². The Morgan fingerprint density at radius 3 is 2.72 bits per heavy atom. The number of benzene rings is 1. The Labute approximate surface area is 220 Å². The Kier molecular flexibility index (Phi) is 8.83. The largest absolute Gasteiger partial charge is 0.497 e. The van der Waals surface area contributed by atoms with Gasteiger partial charge in [0.05, 0.1) is 48.1 Å². The lowest BCUT2D eigenvalue weighted by Crippen LogP contribution is -2.20. The second-order valence-corrected chi connectivity index (χ2v) is 11.1. The molecule has 0 bridgehead atoms. The van der Waals surface area contributed by atoms with Crippen LogP contribution in [0, 0.1) is 0 Å². The minimum Gasteiger partial charge on any atom is -0.497 e. The number of nitrogens with zero attached hydrogens (tertiary/aromatic N) is 2. The number of fused-ring (bicyclic) bond motifs is 2. The summed E-state index contributed by atoms with van der Waals surface area (Å²) in [7, 11) is 4.57. The molecule has 1 aliphatic carbocycles. The summed E-state index contributed by atoms with van der Waals surface area (Å²) in [6.45, 7) is 1.03. The van der Waals surface area contributed by atoms with Gasteiger partial charge in [-0.1, -0.05) is 11.3 Å². The summed E-state index contributed by atoms with van der Waals surface area (Å²) in [6.07, 6.45) is 2.71. The molecule has 0 atom stereocenters. The third kappa shape index (κ3) is 5.83. The molecule has 12 heteroatoms. The number of carbonyl (C=O) groups is 3. The van der Waals surface area contributed by atoms with E-state index < -0.39 is 5.97 Å². The number of carbonyl (C=O) groups excluding carboxylic acids is 3. The van der Waals surface area contributed by atoms with E-state index >= 15 is 0 Å². The third-order valence-electron chi connectivity index (χ3n) is 5.65. The number of esters is 1. The summed E-state index contributed by atoms with van der Waals surface area (Å²) in [5.74, 6) is -0.190. The van der Waals surface area contributed by atoms with Gasteiger partial charge in [-0.3, -0.25) is 9.59 Å². The first-order valence-electron chi connectivity index (χ1n) is 11.3. The molecule has 0 aliphatic heterocycles. The van der Waals surface area contributed by atoms with Crippen molar-refractivity contribution in [3.8, 4) is 5.75 Å². The first-order chi connectivity index (χ1) is 17.4.